The molecule has 6 heteroatoms. The number of hydrogen-bond donors (Lipinski definition) is 1. The third-order valence-electron chi connectivity index (χ3n) is 5.77. The Morgan fingerprint density at radius 2 is 2.14 bits per heavy atom. The van der Waals surface area contributed by atoms with Gasteiger partial charge in [-0.05, 0) is 48.1 Å². The highest BCUT2D eigenvalue weighted by Gasteiger charge is 2.38. The van der Waals surface area contributed by atoms with E-state index in [0.29, 0.717) is 12.2 Å². The highest BCUT2D eigenvalue weighted by atomic mass is 16.6. The normalized spacial score (nSPS) is 21.8. The smallest absolute Gasteiger partial charge is 0.338 e. The summed E-state index contributed by atoms with van der Waals surface area (Å²) in [4.78, 5) is 23.2. The molecule has 2 aromatic rings. The van der Waals surface area contributed by atoms with E-state index in [1.807, 2.05) is 18.2 Å². The third kappa shape index (κ3) is 3.75. The molecule has 0 fully saturated rings. The third-order valence-corrected chi connectivity index (χ3v) is 5.77. The number of nitro benzene ring substituents is 1. The number of fused-ring (bicyclic) bond motifs is 3. The standard InChI is InChI=1S/C23H24N2O4/c1-2-3-12-29-23(26)16-10-11-21-20(14-16)18-8-5-9-19(18)22(24-21)15-6-4-7-17(13-15)25(27)28/h4-8,10-11,13-14,18-19,22,24H,2-3,9,12H2,1H3. The summed E-state index contributed by atoms with van der Waals surface area (Å²) in [6.45, 7) is 2.49. The molecule has 4 rings (SSSR count). The van der Waals surface area contributed by atoms with E-state index in [-0.39, 0.29) is 34.5 Å². The molecule has 0 amide bonds. The molecule has 1 N–H and O–H groups in total. The molecule has 0 spiro atoms. The van der Waals surface area contributed by atoms with Crippen molar-refractivity contribution in [1.82, 2.24) is 0 Å². The maximum atomic E-state index is 12.4. The zero-order valence-electron chi connectivity index (χ0n) is 16.3. The fourth-order valence-electron chi connectivity index (χ4n) is 4.28. The Morgan fingerprint density at radius 1 is 1.28 bits per heavy atom. The second kappa shape index (κ2) is 8.07. The first-order chi connectivity index (χ1) is 14.1. The van der Waals surface area contributed by atoms with Gasteiger partial charge in [-0.2, -0.15) is 0 Å². The lowest BCUT2D eigenvalue weighted by Crippen LogP contribution is -2.29. The van der Waals surface area contributed by atoms with E-state index in [0.717, 1.165) is 36.1 Å². The van der Waals surface area contributed by atoms with Crippen LogP contribution < -0.4 is 5.32 Å². The van der Waals surface area contributed by atoms with E-state index in [2.05, 4.69) is 24.4 Å². The highest BCUT2D eigenvalue weighted by Crippen LogP contribution is 2.50. The van der Waals surface area contributed by atoms with Crippen LogP contribution in [0.5, 0.6) is 0 Å². The molecule has 1 aliphatic heterocycles. The summed E-state index contributed by atoms with van der Waals surface area (Å²) in [6.07, 6.45) is 7.06. The molecule has 1 aliphatic carbocycles. The van der Waals surface area contributed by atoms with E-state index < -0.39 is 0 Å². The molecule has 0 bridgehead atoms. The molecule has 6 nitrogen and oxygen atoms in total. The number of unbranched alkanes of at least 4 members (excludes halogenated alkanes) is 1. The first-order valence-corrected chi connectivity index (χ1v) is 10.1. The molecule has 2 aromatic carbocycles. The van der Waals surface area contributed by atoms with E-state index in [1.165, 1.54) is 6.07 Å². The lowest BCUT2D eigenvalue weighted by atomic mass is 9.76. The van der Waals surface area contributed by atoms with Crippen LogP contribution in [-0.2, 0) is 4.74 Å². The predicted molar refractivity (Wildman–Crippen MR) is 111 cm³/mol. The summed E-state index contributed by atoms with van der Waals surface area (Å²) in [7, 11) is 0. The van der Waals surface area contributed by atoms with Crippen molar-refractivity contribution < 1.29 is 14.5 Å². The van der Waals surface area contributed by atoms with Gasteiger partial charge < -0.3 is 10.1 Å². The molecule has 0 saturated carbocycles. The SMILES string of the molecule is CCCCOC(=O)c1ccc2c(c1)C1C=CCC1C(c1cccc([N+](=O)[O-])c1)N2. The van der Waals surface area contributed by atoms with Gasteiger partial charge in [-0.25, -0.2) is 4.79 Å². The van der Waals surface area contributed by atoms with E-state index in [1.54, 1.807) is 18.2 Å². The number of carbonyl (C=O) groups excluding carboxylic acids is 1. The summed E-state index contributed by atoms with van der Waals surface area (Å²) >= 11 is 0. The minimum absolute atomic E-state index is 0.0234. The maximum absolute atomic E-state index is 12.4. The van der Waals surface area contributed by atoms with Gasteiger partial charge in [0.25, 0.3) is 5.69 Å². The van der Waals surface area contributed by atoms with Gasteiger partial charge in [0, 0.05) is 23.7 Å². The second-order valence-electron chi connectivity index (χ2n) is 7.62. The Hall–Kier alpha value is -3.15. The Labute approximate surface area is 169 Å². The van der Waals surface area contributed by atoms with Crippen LogP contribution in [0.15, 0.2) is 54.6 Å². The van der Waals surface area contributed by atoms with Gasteiger partial charge >= 0.3 is 5.97 Å². The zero-order chi connectivity index (χ0) is 20.4. The van der Waals surface area contributed by atoms with Crippen molar-refractivity contribution in [2.24, 2.45) is 5.92 Å². The molecule has 150 valence electrons. The largest absolute Gasteiger partial charge is 0.462 e. The zero-order valence-corrected chi connectivity index (χ0v) is 16.3. The molecular weight excluding hydrogens is 368 g/mol. The molecule has 1 heterocycles. The molecule has 0 saturated heterocycles. The van der Waals surface area contributed by atoms with E-state index in [4.69, 9.17) is 4.74 Å². The summed E-state index contributed by atoms with van der Waals surface area (Å²) < 4.78 is 5.36. The van der Waals surface area contributed by atoms with Crippen LogP contribution in [0.2, 0.25) is 0 Å². The Bertz CT molecular complexity index is 969. The van der Waals surface area contributed by atoms with Crippen molar-refractivity contribution in [1.29, 1.82) is 0 Å². The average Bonchev–Trinajstić information content (AvgIpc) is 3.23. The number of carbonyl (C=O) groups is 1. The number of ether oxygens (including phenoxy) is 1. The fourth-order valence-corrected chi connectivity index (χ4v) is 4.28. The first-order valence-electron chi connectivity index (χ1n) is 10.1. The maximum Gasteiger partial charge on any atom is 0.338 e. The van der Waals surface area contributed by atoms with Crippen molar-refractivity contribution >= 4 is 17.3 Å². The lowest BCUT2D eigenvalue weighted by molar-refractivity contribution is -0.384. The Balaban J connectivity index is 1.63. The molecule has 3 atom stereocenters. The minimum atomic E-state index is -0.360. The van der Waals surface area contributed by atoms with Crippen molar-refractivity contribution in [2.45, 2.75) is 38.1 Å². The summed E-state index contributed by atoms with van der Waals surface area (Å²) in [5.74, 6) is 0.121. The van der Waals surface area contributed by atoms with Gasteiger partial charge in [0.2, 0.25) is 0 Å². The van der Waals surface area contributed by atoms with Crippen molar-refractivity contribution in [3.63, 3.8) is 0 Å². The number of non-ortho nitro benzene ring substituents is 1. The van der Waals surface area contributed by atoms with E-state index >= 15 is 0 Å². The summed E-state index contributed by atoms with van der Waals surface area (Å²) in [5, 5.41) is 14.7. The lowest BCUT2D eigenvalue weighted by Gasteiger charge is -2.37. The van der Waals surface area contributed by atoms with Crippen LogP contribution in [0.4, 0.5) is 11.4 Å². The van der Waals surface area contributed by atoms with Crippen molar-refractivity contribution in [3.05, 3.63) is 81.4 Å². The number of esters is 1. The number of nitrogens with one attached hydrogen (secondary N) is 1. The second-order valence-corrected chi connectivity index (χ2v) is 7.62. The number of rotatable bonds is 6. The van der Waals surface area contributed by atoms with Crippen LogP contribution >= 0.6 is 0 Å². The summed E-state index contributed by atoms with van der Waals surface area (Å²) in [5.41, 5.74) is 3.61. The molecule has 29 heavy (non-hydrogen) atoms. The first kappa shape index (κ1) is 19.2. The quantitative estimate of drug-likeness (QED) is 0.235. The molecule has 3 unspecified atom stereocenters. The van der Waals surface area contributed by atoms with Gasteiger partial charge in [0.15, 0.2) is 0 Å². The van der Waals surface area contributed by atoms with Gasteiger partial charge in [-0.3, -0.25) is 10.1 Å². The Kier molecular flexibility index (Phi) is 5.34. The minimum Gasteiger partial charge on any atom is -0.462 e. The van der Waals surface area contributed by atoms with Crippen LogP contribution in [0.3, 0.4) is 0 Å². The number of nitro groups is 1. The summed E-state index contributed by atoms with van der Waals surface area (Å²) in [6, 6.07) is 12.4. The van der Waals surface area contributed by atoms with E-state index in [9.17, 15) is 14.9 Å². The Morgan fingerprint density at radius 3 is 2.93 bits per heavy atom. The van der Waals surface area contributed by atoms with Crippen LogP contribution in [-0.4, -0.2) is 17.5 Å². The monoisotopic (exact) mass is 392 g/mol. The number of anilines is 1. The number of benzene rings is 2. The number of hydrogen-bond acceptors (Lipinski definition) is 5. The highest BCUT2D eigenvalue weighted by molar-refractivity contribution is 5.90. The van der Waals surface area contributed by atoms with Crippen LogP contribution in [0, 0.1) is 16.0 Å². The van der Waals surface area contributed by atoms with Crippen molar-refractivity contribution in [3.8, 4) is 0 Å². The van der Waals surface area contributed by atoms with Gasteiger partial charge in [0.05, 0.1) is 23.1 Å². The van der Waals surface area contributed by atoms with Crippen LogP contribution in [0.1, 0.15) is 59.6 Å². The number of nitrogens with zero attached hydrogens (tertiary/aromatic N) is 1. The van der Waals surface area contributed by atoms with Crippen LogP contribution in [0.25, 0.3) is 0 Å². The number of allylic oxidation sites excluding steroid dienone is 2. The van der Waals surface area contributed by atoms with Gasteiger partial charge in [0.1, 0.15) is 0 Å². The van der Waals surface area contributed by atoms with Gasteiger partial charge in [-0.1, -0.05) is 37.6 Å². The molecule has 0 radical (unpaired) electrons. The predicted octanol–water partition coefficient (Wildman–Crippen LogP) is 5.38. The fraction of sp³-hybridized carbons (Fsp3) is 0.348. The van der Waals surface area contributed by atoms with Gasteiger partial charge in [-0.15, -0.1) is 0 Å². The molecule has 2 aliphatic rings. The molecule has 0 aromatic heterocycles. The molecular formula is C23H24N2O4. The topological polar surface area (TPSA) is 81.5 Å². The average molecular weight is 392 g/mol. The van der Waals surface area contributed by atoms with Crippen molar-refractivity contribution in [2.75, 3.05) is 11.9 Å².